The monoisotopic (exact) mass is 343 g/mol. The highest BCUT2D eigenvalue weighted by Gasteiger charge is 2.45. The van der Waals surface area contributed by atoms with E-state index in [4.69, 9.17) is 22.4 Å². The van der Waals surface area contributed by atoms with Gasteiger partial charge in [0.15, 0.2) is 6.10 Å². The normalized spacial score (nSPS) is 15.4. The van der Waals surface area contributed by atoms with Gasteiger partial charge in [0.1, 0.15) is 0 Å². The van der Waals surface area contributed by atoms with Crippen LogP contribution in [0.1, 0.15) is 17.2 Å². The standard InChI is InChI=1S/C10H8ClF6NO.ClH/c11-4-1-2-5(6(3-4)9(12,13)14)7(18)8(19)10(15,16)17;/h1-3,7-8,19H,18H2;1H/t7-,8-;/m1./s1. The lowest BCUT2D eigenvalue weighted by Gasteiger charge is -2.24. The summed E-state index contributed by atoms with van der Waals surface area (Å²) in [4.78, 5) is 0. The number of alkyl halides is 6. The lowest BCUT2D eigenvalue weighted by atomic mass is 9.96. The highest BCUT2D eigenvalue weighted by Crippen LogP contribution is 2.38. The van der Waals surface area contributed by atoms with Gasteiger partial charge < -0.3 is 10.8 Å². The van der Waals surface area contributed by atoms with Gasteiger partial charge in [-0.25, -0.2) is 0 Å². The van der Waals surface area contributed by atoms with E-state index in [0.717, 1.165) is 6.07 Å². The van der Waals surface area contributed by atoms with Crippen LogP contribution in [-0.2, 0) is 6.18 Å². The minimum Gasteiger partial charge on any atom is -0.382 e. The van der Waals surface area contributed by atoms with Crippen LogP contribution in [0.4, 0.5) is 26.3 Å². The number of hydrogen-bond donors (Lipinski definition) is 2. The molecule has 0 unspecified atom stereocenters. The van der Waals surface area contributed by atoms with Crippen molar-refractivity contribution in [1.29, 1.82) is 0 Å². The van der Waals surface area contributed by atoms with E-state index in [0.29, 0.717) is 12.1 Å². The van der Waals surface area contributed by atoms with E-state index in [1.54, 1.807) is 0 Å². The second kappa shape index (κ2) is 6.38. The molecule has 1 rings (SSSR count). The summed E-state index contributed by atoms with van der Waals surface area (Å²) in [5.74, 6) is 0. The minimum atomic E-state index is -5.12. The zero-order valence-electron chi connectivity index (χ0n) is 9.47. The molecule has 0 bridgehead atoms. The number of benzene rings is 1. The maximum atomic E-state index is 12.7. The van der Waals surface area contributed by atoms with E-state index in [1.165, 1.54) is 0 Å². The Morgan fingerprint density at radius 1 is 1.10 bits per heavy atom. The van der Waals surface area contributed by atoms with Crippen LogP contribution in [0.2, 0.25) is 5.02 Å². The molecule has 0 heterocycles. The van der Waals surface area contributed by atoms with E-state index in [9.17, 15) is 26.3 Å². The molecule has 2 nitrogen and oxygen atoms in total. The summed E-state index contributed by atoms with van der Waals surface area (Å²) in [6.07, 6.45) is -13.2. The van der Waals surface area contributed by atoms with Gasteiger partial charge in [0.05, 0.1) is 11.6 Å². The molecule has 2 atom stereocenters. The molecule has 3 N–H and O–H groups in total. The highest BCUT2D eigenvalue weighted by molar-refractivity contribution is 6.30. The van der Waals surface area contributed by atoms with Gasteiger partial charge in [0, 0.05) is 5.02 Å². The van der Waals surface area contributed by atoms with Crippen LogP contribution < -0.4 is 5.73 Å². The molecule has 20 heavy (non-hydrogen) atoms. The van der Waals surface area contributed by atoms with Crippen molar-refractivity contribution in [2.45, 2.75) is 24.5 Å². The van der Waals surface area contributed by atoms with E-state index in [1.807, 2.05) is 0 Å². The molecule has 0 aliphatic carbocycles. The fourth-order valence-electron chi connectivity index (χ4n) is 1.44. The average molecular weight is 344 g/mol. The lowest BCUT2D eigenvalue weighted by Crippen LogP contribution is -2.39. The first kappa shape index (κ1) is 19.3. The number of aliphatic hydroxyl groups excluding tert-OH is 1. The van der Waals surface area contributed by atoms with Gasteiger partial charge in [-0.3, -0.25) is 0 Å². The Bertz CT molecular complexity index is 462. The topological polar surface area (TPSA) is 46.2 Å². The van der Waals surface area contributed by atoms with Gasteiger partial charge in [-0.05, 0) is 17.7 Å². The van der Waals surface area contributed by atoms with E-state index >= 15 is 0 Å². The Kier molecular flexibility index (Phi) is 6.16. The molecule has 10 heteroatoms. The molecule has 0 fully saturated rings. The lowest BCUT2D eigenvalue weighted by molar-refractivity contribution is -0.211. The highest BCUT2D eigenvalue weighted by atomic mass is 35.5. The Hall–Kier alpha value is -0.700. The molecule has 0 aliphatic heterocycles. The SMILES string of the molecule is Cl.N[C@H](c1ccc(Cl)cc1C(F)(F)F)[C@@H](O)C(F)(F)F. The summed E-state index contributed by atoms with van der Waals surface area (Å²) in [7, 11) is 0. The first-order valence-electron chi connectivity index (χ1n) is 4.81. The van der Waals surface area contributed by atoms with Gasteiger partial charge in [-0.15, -0.1) is 12.4 Å². The Morgan fingerprint density at radius 2 is 1.60 bits per heavy atom. The van der Waals surface area contributed by atoms with Crippen molar-refractivity contribution in [3.8, 4) is 0 Å². The summed E-state index contributed by atoms with van der Waals surface area (Å²) < 4.78 is 74.8. The Balaban J connectivity index is 0.00000361. The average Bonchev–Trinajstić information content (AvgIpc) is 2.24. The molecule has 0 spiro atoms. The molecule has 0 radical (unpaired) electrons. The number of halogens is 8. The van der Waals surface area contributed by atoms with Gasteiger partial charge in [-0.1, -0.05) is 17.7 Å². The fourth-order valence-corrected chi connectivity index (χ4v) is 1.61. The fraction of sp³-hybridized carbons (Fsp3) is 0.400. The zero-order chi connectivity index (χ0) is 15.0. The third kappa shape index (κ3) is 4.41. The number of nitrogens with two attached hydrogens (primary N) is 1. The summed E-state index contributed by atoms with van der Waals surface area (Å²) in [6, 6.07) is -0.117. The summed E-state index contributed by atoms with van der Waals surface area (Å²) in [5.41, 5.74) is 2.78. The number of hydrogen-bond acceptors (Lipinski definition) is 2. The predicted molar refractivity (Wildman–Crippen MR) is 62.7 cm³/mol. The molecule has 0 aromatic heterocycles. The van der Waals surface area contributed by atoms with Crippen LogP contribution >= 0.6 is 24.0 Å². The molecular formula is C10H9Cl2F6NO. The number of aliphatic hydroxyl groups is 1. The van der Waals surface area contributed by atoms with Crippen LogP contribution in [-0.4, -0.2) is 17.4 Å². The van der Waals surface area contributed by atoms with Crippen molar-refractivity contribution in [2.75, 3.05) is 0 Å². The van der Waals surface area contributed by atoms with Crippen molar-refractivity contribution in [3.63, 3.8) is 0 Å². The van der Waals surface area contributed by atoms with E-state index in [2.05, 4.69) is 0 Å². The maximum absolute atomic E-state index is 12.7. The van der Waals surface area contributed by atoms with Crippen LogP contribution in [0.15, 0.2) is 18.2 Å². The predicted octanol–water partition coefficient (Wildman–Crippen LogP) is 3.70. The molecule has 0 saturated heterocycles. The van der Waals surface area contributed by atoms with E-state index < -0.39 is 35.6 Å². The first-order chi connectivity index (χ1) is 8.44. The third-order valence-corrected chi connectivity index (χ3v) is 2.59. The summed E-state index contributed by atoms with van der Waals surface area (Å²) >= 11 is 5.37. The summed E-state index contributed by atoms with van der Waals surface area (Å²) in [5, 5.41) is 8.62. The van der Waals surface area contributed by atoms with Gasteiger partial charge in [0.25, 0.3) is 0 Å². The largest absolute Gasteiger partial charge is 0.416 e. The summed E-state index contributed by atoms with van der Waals surface area (Å²) in [6.45, 7) is 0. The van der Waals surface area contributed by atoms with Crippen LogP contribution in [0.3, 0.4) is 0 Å². The maximum Gasteiger partial charge on any atom is 0.416 e. The Morgan fingerprint density at radius 3 is 2.00 bits per heavy atom. The minimum absolute atomic E-state index is 0. The molecule has 1 aromatic rings. The molecular weight excluding hydrogens is 335 g/mol. The van der Waals surface area contributed by atoms with Crippen molar-refractivity contribution >= 4 is 24.0 Å². The van der Waals surface area contributed by atoms with E-state index in [-0.39, 0.29) is 17.4 Å². The first-order valence-corrected chi connectivity index (χ1v) is 5.19. The van der Waals surface area contributed by atoms with Crippen molar-refractivity contribution in [1.82, 2.24) is 0 Å². The van der Waals surface area contributed by atoms with Crippen molar-refractivity contribution < 1.29 is 31.4 Å². The van der Waals surface area contributed by atoms with Crippen LogP contribution in [0.25, 0.3) is 0 Å². The second-order valence-electron chi connectivity index (χ2n) is 3.74. The van der Waals surface area contributed by atoms with Gasteiger partial charge >= 0.3 is 12.4 Å². The third-order valence-electron chi connectivity index (χ3n) is 2.36. The van der Waals surface area contributed by atoms with Crippen LogP contribution in [0, 0.1) is 0 Å². The smallest absolute Gasteiger partial charge is 0.382 e. The molecule has 0 aliphatic rings. The molecule has 0 amide bonds. The molecule has 0 saturated carbocycles. The van der Waals surface area contributed by atoms with Crippen molar-refractivity contribution in [2.24, 2.45) is 5.73 Å². The van der Waals surface area contributed by atoms with Gasteiger partial charge in [-0.2, -0.15) is 26.3 Å². The van der Waals surface area contributed by atoms with Crippen LogP contribution in [0.5, 0.6) is 0 Å². The molecule has 116 valence electrons. The molecule has 1 aromatic carbocycles. The van der Waals surface area contributed by atoms with Crippen molar-refractivity contribution in [3.05, 3.63) is 34.3 Å². The Labute approximate surface area is 120 Å². The van der Waals surface area contributed by atoms with Gasteiger partial charge in [0.2, 0.25) is 0 Å². The second-order valence-corrected chi connectivity index (χ2v) is 4.18. The number of rotatable bonds is 2. The quantitative estimate of drug-likeness (QED) is 0.804. The zero-order valence-corrected chi connectivity index (χ0v) is 11.0.